The van der Waals surface area contributed by atoms with Gasteiger partial charge in [-0.3, -0.25) is 0 Å². The zero-order valence-corrected chi connectivity index (χ0v) is 14.4. The number of ether oxygens (including phenoxy) is 3. The van der Waals surface area contributed by atoms with Gasteiger partial charge in [-0.1, -0.05) is 25.1 Å². The highest BCUT2D eigenvalue weighted by atomic mass is 16.5. The Hall–Kier alpha value is -2.62. The van der Waals surface area contributed by atoms with Crippen LogP contribution in [-0.4, -0.2) is 19.3 Å². The number of fused-ring (bicyclic) bond motifs is 1. The third-order valence-electron chi connectivity index (χ3n) is 4.41. The lowest BCUT2D eigenvalue weighted by molar-refractivity contribution is 0.207. The lowest BCUT2D eigenvalue weighted by Crippen LogP contribution is -2.07. The Morgan fingerprint density at radius 1 is 1.08 bits per heavy atom. The summed E-state index contributed by atoms with van der Waals surface area (Å²) in [4.78, 5) is 0. The number of phenols is 1. The zero-order valence-electron chi connectivity index (χ0n) is 14.4. The third-order valence-corrected chi connectivity index (χ3v) is 4.41. The zero-order chi connectivity index (χ0) is 17.3. The van der Waals surface area contributed by atoms with Crippen LogP contribution in [0.1, 0.15) is 42.6 Å². The monoisotopic (exact) mass is 326 g/mol. The van der Waals surface area contributed by atoms with Crippen LogP contribution < -0.4 is 14.2 Å². The molecule has 0 radical (unpaired) electrons. The number of phenolic OH excluding ortho intramolecular Hbond substituents is 1. The first kappa shape index (κ1) is 16.2. The Labute approximate surface area is 142 Å². The van der Waals surface area contributed by atoms with E-state index in [0.717, 1.165) is 28.2 Å². The molecule has 126 valence electrons. The molecule has 2 aromatic carbocycles. The van der Waals surface area contributed by atoms with Crippen LogP contribution in [0.25, 0.3) is 6.08 Å². The maximum Gasteiger partial charge on any atom is 0.165 e. The number of aromatic hydroxyl groups is 1. The van der Waals surface area contributed by atoms with Crippen LogP contribution in [0.3, 0.4) is 0 Å². The maximum absolute atomic E-state index is 9.80. The van der Waals surface area contributed by atoms with E-state index >= 15 is 0 Å². The van der Waals surface area contributed by atoms with E-state index in [1.165, 1.54) is 0 Å². The molecule has 0 spiro atoms. The van der Waals surface area contributed by atoms with Gasteiger partial charge in [-0.25, -0.2) is 0 Å². The van der Waals surface area contributed by atoms with Crippen LogP contribution in [0.4, 0.5) is 0 Å². The van der Waals surface area contributed by atoms with Crippen molar-refractivity contribution in [1.82, 2.24) is 0 Å². The van der Waals surface area contributed by atoms with Crippen LogP contribution in [0, 0.1) is 0 Å². The summed E-state index contributed by atoms with van der Waals surface area (Å²) >= 11 is 0. The molecule has 2 aromatic rings. The summed E-state index contributed by atoms with van der Waals surface area (Å²) in [6.07, 6.45) is 3.90. The minimum absolute atomic E-state index is 0.123. The Morgan fingerprint density at radius 2 is 1.83 bits per heavy atom. The summed E-state index contributed by atoms with van der Waals surface area (Å²) in [5.74, 6) is 2.25. The van der Waals surface area contributed by atoms with E-state index in [-0.39, 0.29) is 17.8 Å². The van der Waals surface area contributed by atoms with Crippen molar-refractivity contribution >= 4 is 6.08 Å². The summed E-state index contributed by atoms with van der Waals surface area (Å²) in [6, 6.07) is 9.44. The number of methoxy groups -OCH3 is 2. The summed E-state index contributed by atoms with van der Waals surface area (Å²) in [6.45, 7) is 4.12. The second kappa shape index (κ2) is 6.48. The topological polar surface area (TPSA) is 47.9 Å². The first-order valence-electron chi connectivity index (χ1n) is 7.97. The number of hydrogen-bond donors (Lipinski definition) is 1. The van der Waals surface area contributed by atoms with Gasteiger partial charge in [-0.05, 0) is 42.3 Å². The van der Waals surface area contributed by atoms with Crippen LogP contribution in [-0.2, 0) is 0 Å². The molecule has 0 saturated carbocycles. The van der Waals surface area contributed by atoms with E-state index in [4.69, 9.17) is 14.2 Å². The number of rotatable bonds is 4. The lowest BCUT2D eigenvalue weighted by Gasteiger charge is -2.17. The summed E-state index contributed by atoms with van der Waals surface area (Å²) in [7, 11) is 3.19. The van der Waals surface area contributed by atoms with Crippen LogP contribution in [0.2, 0.25) is 0 Å². The molecule has 1 aliphatic rings. The number of benzene rings is 2. The van der Waals surface area contributed by atoms with Gasteiger partial charge in [0.15, 0.2) is 23.0 Å². The van der Waals surface area contributed by atoms with Gasteiger partial charge >= 0.3 is 0 Å². The Morgan fingerprint density at radius 3 is 2.50 bits per heavy atom. The number of allylic oxidation sites excluding steroid dienone is 1. The average Bonchev–Trinajstić information content (AvgIpc) is 2.92. The van der Waals surface area contributed by atoms with Crippen molar-refractivity contribution in [1.29, 1.82) is 0 Å². The van der Waals surface area contributed by atoms with E-state index in [0.29, 0.717) is 5.75 Å². The van der Waals surface area contributed by atoms with Gasteiger partial charge in [0.2, 0.25) is 0 Å². The smallest absolute Gasteiger partial charge is 0.165 e. The molecular weight excluding hydrogens is 304 g/mol. The molecule has 0 fully saturated rings. The Kier molecular flexibility index (Phi) is 4.38. The fourth-order valence-electron chi connectivity index (χ4n) is 3.17. The molecule has 4 heteroatoms. The molecule has 0 aliphatic carbocycles. The normalized spacial score (nSPS) is 19.2. The maximum atomic E-state index is 9.80. The van der Waals surface area contributed by atoms with Gasteiger partial charge in [-0.2, -0.15) is 0 Å². The van der Waals surface area contributed by atoms with Gasteiger partial charge in [0.1, 0.15) is 6.10 Å². The predicted molar refractivity (Wildman–Crippen MR) is 94.1 cm³/mol. The largest absolute Gasteiger partial charge is 0.504 e. The van der Waals surface area contributed by atoms with E-state index in [9.17, 15) is 5.11 Å². The van der Waals surface area contributed by atoms with E-state index in [1.807, 2.05) is 37.3 Å². The molecule has 0 saturated heterocycles. The SMILES string of the molecule is CC=Cc1cc(OC)c2c(c1)[C@@H](C)[C@H](c1ccc(O)c(OC)c1)O2. The second-order valence-corrected chi connectivity index (χ2v) is 5.90. The molecule has 0 unspecified atom stereocenters. The standard InChI is InChI=1S/C20H22O4/c1-5-6-13-9-15-12(2)19(24-20(15)18(10-13)23-4)14-7-8-16(21)17(11-14)22-3/h5-12,19,21H,1-4H3/t12-,19-/m1/s1. The first-order valence-corrected chi connectivity index (χ1v) is 7.97. The van der Waals surface area contributed by atoms with Gasteiger partial charge in [0.05, 0.1) is 14.2 Å². The summed E-state index contributed by atoms with van der Waals surface area (Å²) in [5.41, 5.74) is 3.18. The van der Waals surface area contributed by atoms with Gasteiger partial charge < -0.3 is 19.3 Å². The highest BCUT2D eigenvalue weighted by molar-refractivity contribution is 5.62. The molecule has 0 amide bonds. The molecule has 3 rings (SSSR count). The molecule has 1 aliphatic heterocycles. The molecule has 24 heavy (non-hydrogen) atoms. The molecule has 2 atom stereocenters. The average molecular weight is 326 g/mol. The fourth-order valence-corrected chi connectivity index (χ4v) is 3.17. The minimum atomic E-state index is -0.149. The van der Waals surface area contributed by atoms with Gasteiger partial charge in [0.25, 0.3) is 0 Å². The minimum Gasteiger partial charge on any atom is -0.504 e. The highest BCUT2D eigenvalue weighted by Crippen LogP contribution is 2.51. The summed E-state index contributed by atoms with van der Waals surface area (Å²) < 4.78 is 16.9. The van der Waals surface area contributed by atoms with Gasteiger partial charge in [0, 0.05) is 11.5 Å². The lowest BCUT2D eigenvalue weighted by atomic mass is 9.91. The van der Waals surface area contributed by atoms with Crippen molar-refractivity contribution in [3.63, 3.8) is 0 Å². The second-order valence-electron chi connectivity index (χ2n) is 5.90. The third kappa shape index (κ3) is 2.68. The molecular formula is C20H22O4. The summed E-state index contributed by atoms with van der Waals surface area (Å²) in [5, 5.41) is 9.80. The molecule has 1 N–H and O–H groups in total. The first-order chi connectivity index (χ1) is 11.6. The molecule has 0 aromatic heterocycles. The van der Waals surface area contributed by atoms with E-state index < -0.39 is 0 Å². The van der Waals surface area contributed by atoms with Crippen molar-refractivity contribution in [2.75, 3.05) is 14.2 Å². The highest BCUT2D eigenvalue weighted by Gasteiger charge is 2.35. The molecule has 4 nitrogen and oxygen atoms in total. The van der Waals surface area contributed by atoms with Crippen molar-refractivity contribution in [3.05, 3.63) is 53.1 Å². The van der Waals surface area contributed by atoms with Crippen molar-refractivity contribution < 1.29 is 19.3 Å². The number of hydrogen-bond acceptors (Lipinski definition) is 4. The van der Waals surface area contributed by atoms with Crippen LogP contribution in [0.5, 0.6) is 23.0 Å². The fraction of sp³-hybridized carbons (Fsp3) is 0.300. The van der Waals surface area contributed by atoms with E-state index in [2.05, 4.69) is 13.0 Å². The van der Waals surface area contributed by atoms with Crippen molar-refractivity contribution in [2.45, 2.75) is 25.9 Å². The van der Waals surface area contributed by atoms with E-state index in [1.54, 1.807) is 20.3 Å². The predicted octanol–water partition coefficient (Wildman–Crippen LogP) is 4.68. The van der Waals surface area contributed by atoms with Gasteiger partial charge in [-0.15, -0.1) is 0 Å². The Bertz CT molecular complexity index is 779. The van der Waals surface area contributed by atoms with Crippen molar-refractivity contribution in [3.8, 4) is 23.0 Å². The molecule has 1 heterocycles. The van der Waals surface area contributed by atoms with Crippen LogP contribution >= 0.6 is 0 Å². The molecule has 0 bridgehead atoms. The Balaban J connectivity index is 2.03. The van der Waals surface area contributed by atoms with Crippen molar-refractivity contribution in [2.24, 2.45) is 0 Å². The van der Waals surface area contributed by atoms with Crippen LogP contribution in [0.15, 0.2) is 36.4 Å². The quantitative estimate of drug-likeness (QED) is 0.886.